The minimum atomic E-state index is -0.239. The number of carbonyl (C=O) groups excluding carboxylic acids is 1. The van der Waals surface area contributed by atoms with E-state index in [0.29, 0.717) is 31.1 Å². The number of anilines is 1. The van der Waals surface area contributed by atoms with Gasteiger partial charge in [0, 0.05) is 23.3 Å². The van der Waals surface area contributed by atoms with Gasteiger partial charge in [0.25, 0.3) is 5.91 Å². The SMILES string of the molecule is CCOc1cc(CNCCCO)c(Br)cc1OCC(=O)Nc1ccc(C)cc1. The van der Waals surface area contributed by atoms with E-state index in [1.165, 1.54) is 0 Å². The first-order valence-corrected chi connectivity index (χ1v) is 10.1. The minimum absolute atomic E-state index is 0.117. The van der Waals surface area contributed by atoms with E-state index in [1.54, 1.807) is 0 Å². The number of aryl methyl sites for hydroxylation is 1. The highest BCUT2D eigenvalue weighted by Gasteiger charge is 2.13. The molecule has 0 radical (unpaired) electrons. The zero-order chi connectivity index (χ0) is 20.4. The molecular weight excluding hydrogens is 424 g/mol. The molecule has 2 rings (SSSR count). The second kappa shape index (κ2) is 11.7. The van der Waals surface area contributed by atoms with Crippen molar-refractivity contribution < 1.29 is 19.4 Å². The summed E-state index contributed by atoms with van der Waals surface area (Å²) in [6, 6.07) is 11.3. The van der Waals surface area contributed by atoms with Gasteiger partial charge in [0.2, 0.25) is 0 Å². The van der Waals surface area contributed by atoms with Gasteiger partial charge in [0.15, 0.2) is 18.1 Å². The Bertz CT molecular complexity index is 766. The van der Waals surface area contributed by atoms with Crippen molar-refractivity contribution in [2.24, 2.45) is 0 Å². The van der Waals surface area contributed by atoms with Crippen LogP contribution in [0.4, 0.5) is 5.69 Å². The predicted molar refractivity (Wildman–Crippen MR) is 114 cm³/mol. The van der Waals surface area contributed by atoms with Crippen LogP contribution in [0.15, 0.2) is 40.9 Å². The topological polar surface area (TPSA) is 79.8 Å². The first-order valence-electron chi connectivity index (χ1n) is 9.29. The number of ether oxygens (including phenoxy) is 2. The summed E-state index contributed by atoms with van der Waals surface area (Å²) in [6.45, 7) is 5.79. The van der Waals surface area contributed by atoms with Crippen LogP contribution in [-0.4, -0.2) is 37.4 Å². The number of aliphatic hydroxyl groups excluding tert-OH is 1. The van der Waals surface area contributed by atoms with Crippen molar-refractivity contribution in [3.8, 4) is 11.5 Å². The number of rotatable bonds is 11. The van der Waals surface area contributed by atoms with Gasteiger partial charge in [-0.1, -0.05) is 33.6 Å². The lowest BCUT2D eigenvalue weighted by Crippen LogP contribution is -2.20. The van der Waals surface area contributed by atoms with Gasteiger partial charge in [-0.15, -0.1) is 0 Å². The number of hydrogen-bond donors (Lipinski definition) is 3. The maximum Gasteiger partial charge on any atom is 0.262 e. The zero-order valence-corrected chi connectivity index (χ0v) is 17.8. The van der Waals surface area contributed by atoms with Crippen molar-refractivity contribution in [1.29, 1.82) is 0 Å². The third-order valence-corrected chi connectivity index (χ3v) is 4.67. The molecule has 28 heavy (non-hydrogen) atoms. The molecule has 7 heteroatoms. The first-order chi connectivity index (χ1) is 13.5. The monoisotopic (exact) mass is 450 g/mol. The van der Waals surface area contributed by atoms with Crippen molar-refractivity contribution in [1.82, 2.24) is 5.32 Å². The Kier molecular flexibility index (Phi) is 9.27. The molecule has 0 unspecified atom stereocenters. The molecule has 0 aromatic heterocycles. The normalized spacial score (nSPS) is 10.6. The molecule has 152 valence electrons. The van der Waals surface area contributed by atoms with Gasteiger partial charge in [0.05, 0.1) is 6.61 Å². The van der Waals surface area contributed by atoms with Crippen molar-refractivity contribution in [3.63, 3.8) is 0 Å². The lowest BCUT2D eigenvalue weighted by molar-refractivity contribution is -0.118. The minimum Gasteiger partial charge on any atom is -0.490 e. The van der Waals surface area contributed by atoms with E-state index >= 15 is 0 Å². The maximum atomic E-state index is 12.2. The Morgan fingerprint density at radius 1 is 1.14 bits per heavy atom. The third kappa shape index (κ3) is 7.14. The number of aliphatic hydroxyl groups is 1. The highest BCUT2D eigenvalue weighted by molar-refractivity contribution is 9.10. The number of halogens is 1. The van der Waals surface area contributed by atoms with Crippen LogP contribution in [0.1, 0.15) is 24.5 Å². The molecule has 0 atom stereocenters. The molecule has 0 bridgehead atoms. The Hall–Kier alpha value is -2.09. The largest absolute Gasteiger partial charge is 0.490 e. The first kappa shape index (κ1) is 22.2. The molecule has 3 N–H and O–H groups in total. The lowest BCUT2D eigenvalue weighted by atomic mass is 10.2. The Balaban J connectivity index is 1.99. The van der Waals surface area contributed by atoms with Gasteiger partial charge < -0.3 is 25.2 Å². The zero-order valence-electron chi connectivity index (χ0n) is 16.3. The molecule has 0 saturated carbocycles. The van der Waals surface area contributed by atoms with Gasteiger partial charge in [-0.25, -0.2) is 0 Å². The van der Waals surface area contributed by atoms with Gasteiger partial charge in [-0.05, 0) is 56.6 Å². The van der Waals surface area contributed by atoms with E-state index in [1.807, 2.05) is 50.2 Å². The highest BCUT2D eigenvalue weighted by Crippen LogP contribution is 2.34. The average Bonchev–Trinajstić information content (AvgIpc) is 2.68. The maximum absolute atomic E-state index is 12.2. The van der Waals surface area contributed by atoms with Crippen LogP contribution < -0.4 is 20.1 Å². The fraction of sp³-hybridized carbons (Fsp3) is 0.381. The van der Waals surface area contributed by atoms with Crippen LogP contribution in [-0.2, 0) is 11.3 Å². The van der Waals surface area contributed by atoms with Gasteiger partial charge >= 0.3 is 0 Å². The summed E-state index contributed by atoms with van der Waals surface area (Å²) in [5, 5.41) is 14.9. The van der Waals surface area contributed by atoms with Crippen molar-refractivity contribution in [2.75, 3.05) is 31.7 Å². The summed E-state index contributed by atoms with van der Waals surface area (Å²) in [5.41, 5.74) is 2.87. The summed E-state index contributed by atoms with van der Waals surface area (Å²) in [4.78, 5) is 12.2. The van der Waals surface area contributed by atoms with E-state index in [0.717, 1.165) is 27.8 Å². The third-order valence-electron chi connectivity index (χ3n) is 3.93. The van der Waals surface area contributed by atoms with Gasteiger partial charge in [0.1, 0.15) is 0 Å². The van der Waals surface area contributed by atoms with Crippen LogP contribution in [0, 0.1) is 6.92 Å². The van der Waals surface area contributed by atoms with E-state index in [4.69, 9.17) is 14.6 Å². The summed E-state index contributed by atoms with van der Waals surface area (Å²) >= 11 is 3.54. The molecule has 0 spiro atoms. The molecule has 0 fully saturated rings. The Morgan fingerprint density at radius 3 is 2.54 bits per heavy atom. The van der Waals surface area contributed by atoms with Crippen molar-refractivity contribution >= 4 is 27.5 Å². The number of hydrogen-bond acceptors (Lipinski definition) is 5. The molecule has 6 nitrogen and oxygen atoms in total. The van der Waals surface area contributed by atoms with Crippen LogP contribution in [0.25, 0.3) is 0 Å². The molecular formula is C21H27BrN2O4. The van der Waals surface area contributed by atoms with E-state index in [9.17, 15) is 4.79 Å². The predicted octanol–water partition coefficient (Wildman–Crippen LogP) is 3.65. The van der Waals surface area contributed by atoms with Crippen LogP contribution >= 0.6 is 15.9 Å². The quantitative estimate of drug-likeness (QED) is 0.455. The molecule has 2 aromatic carbocycles. The van der Waals surface area contributed by atoms with E-state index < -0.39 is 0 Å². The Morgan fingerprint density at radius 2 is 1.86 bits per heavy atom. The number of carbonyl (C=O) groups is 1. The smallest absolute Gasteiger partial charge is 0.262 e. The van der Waals surface area contributed by atoms with Crippen LogP contribution in [0.3, 0.4) is 0 Å². The van der Waals surface area contributed by atoms with Crippen LogP contribution in [0.5, 0.6) is 11.5 Å². The summed E-state index contributed by atoms with van der Waals surface area (Å²) in [6.07, 6.45) is 0.702. The number of amides is 1. The summed E-state index contributed by atoms with van der Waals surface area (Å²) < 4.78 is 12.2. The fourth-order valence-corrected chi connectivity index (χ4v) is 2.96. The number of nitrogens with one attached hydrogen (secondary N) is 2. The fourth-order valence-electron chi connectivity index (χ4n) is 2.50. The van der Waals surface area contributed by atoms with Gasteiger partial charge in [-0.3, -0.25) is 4.79 Å². The van der Waals surface area contributed by atoms with Crippen molar-refractivity contribution in [2.45, 2.75) is 26.8 Å². The van der Waals surface area contributed by atoms with E-state index in [-0.39, 0.29) is 19.1 Å². The van der Waals surface area contributed by atoms with Crippen molar-refractivity contribution in [3.05, 3.63) is 52.0 Å². The molecule has 2 aromatic rings. The Labute approximate surface area is 174 Å². The van der Waals surface area contributed by atoms with Crippen LogP contribution in [0.2, 0.25) is 0 Å². The molecule has 0 aliphatic carbocycles. The average molecular weight is 451 g/mol. The lowest BCUT2D eigenvalue weighted by Gasteiger charge is -2.15. The second-order valence-electron chi connectivity index (χ2n) is 6.28. The number of benzene rings is 2. The van der Waals surface area contributed by atoms with E-state index in [2.05, 4.69) is 26.6 Å². The molecule has 0 heterocycles. The molecule has 0 aliphatic rings. The molecule has 1 amide bonds. The molecule has 0 aliphatic heterocycles. The highest BCUT2D eigenvalue weighted by atomic mass is 79.9. The standard InChI is InChI=1S/C21H27BrN2O4/c1-3-27-19-11-16(13-23-9-4-10-25)18(22)12-20(19)28-14-21(26)24-17-7-5-15(2)6-8-17/h5-8,11-12,23,25H,3-4,9-10,13-14H2,1-2H3,(H,24,26). The summed E-state index contributed by atoms with van der Waals surface area (Å²) in [7, 11) is 0. The molecule has 0 saturated heterocycles. The summed E-state index contributed by atoms with van der Waals surface area (Å²) in [5.74, 6) is 0.858. The second-order valence-corrected chi connectivity index (χ2v) is 7.13. The van der Waals surface area contributed by atoms with Gasteiger partial charge in [-0.2, -0.15) is 0 Å².